The van der Waals surface area contributed by atoms with Crippen LogP contribution in [0.25, 0.3) is 10.9 Å². The second-order valence-electron chi connectivity index (χ2n) is 2.84. The van der Waals surface area contributed by atoms with Gasteiger partial charge in [0.05, 0.1) is 22.5 Å². The number of rotatable bonds is 0. The van der Waals surface area contributed by atoms with Crippen molar-refractivity contribution in [3.8, 4) is 6.07 Å². The molecular formula is C9H7N3O. The van der Waals surface area contributed by atoms with E-state index in [9.17, 15) is 4.79 Å². The van der Waals surface area contributed by atoms with Crippen LogP contribution in [0.1, 0.15) is 5.56 Å². The van der Waals surface area contributed by atoms with Crippen molar-refractivity contribution in [2.75, 3.05) is 0 Å². The van der Waals surface area contributed by atoms with Gasteiger partial charge in [-0.25, -0.2) is 0 Å². The molecule has 0 saturated carbocycles. The Hall–Kier alpha value is -2.02. The third-order valence-electron chi connectivity index (χ3n) is 2.00. The molecule has 1 heterocycles. The van der Waals surface area contributed by atoms with Crippen LogP contribution in [0, 0.1) is 11.3 Å². The number of H-pyrrole nitrogens is 1. The first kappa shape index (κ1) is 7.62. The number of nitrogens with zero attached hydrogens (tertiary/aromatic N) is 2. The van der Waals surface area contributed by atoms with Gasteiger partial charge in [-0.1, -0.05) is 0 Å². The first-order chi connectivity index (χ1) is 6.22. The van der Waals surface area contributed by atoms with E-state index in [2.05, 4.69) is 5.10 Å². The van der Waals surface area contributed by atoms with E-state index in [0.717, 1.165) is 5.52 Å². The minimum absolute atomic E-state index is 0.123. The van der Waals surface area contributed by atoms with E-state index in [1.54, 1.807) is 29.9 Å². The number of nitrogens with one attached hydrogen (secondary N) is 1. The van der Waals surface area contributed by atoms with Crippen molar-refractivity contribution >= 4 is 10.9 Å². The van der Waals surface area contributed by atoms with Gasteiger partial charge in [0.15, 0.2) is 0 Å². The second-order valence-corrected chi connectivity index (χ2v) is 2.84. The van der Waals surface area contributed by atoms with Gasteiger partial charge in [0.1, 0.15) is 0 Å². The molecule has 0 spiro atoms. The molecule has 1 aromatic carbocycles. The predicted molar refractivity (Wildman–Crippen MR) is 48.3 cm³/mol. The second kappa shape index (κ2) is 2.49. The molecule has 1 aromatic heterocycles. The molecule has 4 nitrogen and oxygen atoms in total. The Bertz CT molecular complexity index is 556. The minimum atomic E-state index is -0.123. The third kappa shape index (κ3) is 1.02. The average Bonchev–Trinajstić information content (AvgIpc) is 2.42. The molecule has 13 heavy (non-hydrogen) atoms. The van der Waals surface area contributed by atoms with Crippen LogP contribution >= 0.6 is 0 Å². The maximum Gasteiger partial charge on any atom is 0.271 e. The molecule has 4 heteroatoms. The van der Waals surface area contributed by atoms with E-state index in [4.69, 9.17) is 5.26 Å². The Labute approximate surface area is 74.0 Å². The Morgan fingerprint density at radius 2 is 2.31 bits per heavy atom. The van der Waals surface area contributed by atoms with Crippen LogP contribution < -0.4 is 5.56 Å². The normalized spacial score (nSPS) is 10.2. The lowest BCUT2D eigenvalue weighted by Crippen LogP contribution is -2.01. The van der Waals surface area contributed by atoms with Crippen molar-refractivity contribution in [2.24, 2.45) is 7.05 Å². The van der Waals surface area contributed by atoms with Crippen molar-refractivity contribution < 1.29 is 0 Å². The van der Waals surface area contributed by atoms with Gasteiger partial charge >= 0.3 is 0 Å². The fraction of sp³-hybridized carbons (Fsp3) is 0.111. The van der Waals surface area contributed by atoms with Crippen LogP contribution in [-0.2, 0) is 7.05 Å². The maximum atomic E-state index is 11.2. The van der Waals surface area contributed by atoms with Gasteiger partial charge in [0, 0.05) is 7.05 Å². The number of nitriles is 1. The van der Waals surface area contributed by atoms with Crippen LogP contribution in [0.2, 0.25) is 0 Å². The molecule has 0 radical (unpaired) electrons. The van der Waals surface area contributed by atoms with E-state index < -0.39 is 0 Å². The van der Waals surface area contributed by atoms with Crippen LogP contribution in [0.5, 0.6) is 0 Å². The number of aromatic amines is 1. The van der Waals surface area contributed by atoms with Gasteiger partial charge < -0.3 is 0 Å². The molecule has 0 amide bonds. The summed E-state index contributed by atoms with van der Waals surface area (Å²) < 4.78 is 1.61. The number of hydrogen-bond donors (Lipinski definition) is 1. The van der Waals surface area contributed by atoms with E-state index in [1.165, 1.54) is 0 Å². The third-order valence-corrected chi connectivity index (χ3v) is 2.00. The largest absolute Gasteiger partial charge is 0.288 e. The molecule has 0 aliphatic carbocycles. The summed E-state index contributed by atoms with van der Waals surface area (Å²) in [7, 11) is 1.74. The average molecular weight is 173 g/mol. The summed E-state index contributed by atoms with van der Waals surface area (Å²) in [5, 5.41) is 11.9. The van der Waals surface area contributed by atoms with Crippen molar-refractivity contribution in [2.45, 2.75) is 0 Å². The van der Waals surface area contributed by atoms with Crippen molar-refractivity contribution in [3.05, 3.63) is 34.1 Å². The highest BCUT2D eigenvalue weighted by molar-refractivity contribution is 5.79. The summed E-state index contributed by atoms with van der Waals surface area (Å²) in [6, 6.07) is 7.01. The van der Waals surface area contributed by atoms with E-state index in [-0.39, 0.29) is 5.56 Å². The zero-order valence-electron chi connectivity index (χ0n) is 7.03. The highest BCUT2D eigenvalue weighted by Gasteiger charge is 2.03. The molecule has 1 N–H and O–H groups in total. The van der Waals surface area contributed by atoms with Gasteiger partial charge in [-0.15, -0.1) is 0 Å². The quantitative estimate of drug-likeness (QED) is 0.638. The van der Waals surface area contributed by atoms with Gasteiger partial charge in [0.2, 0.25) is 0 Å². The van der Waals surface area contributed by atoms with Crippen molar-refractivity contribution in [3.63, 3.8) is 0 Å². The van der Waals surface area contributed by atoms with Gasteiger partial charge in [-0.3, -0.25) is 14.6 Å². The number of benzene rings is 1. The zero-order valence-corrected chi connectivity index (χ0v) is 7.03. The van der Waals surface area contributed by atoms with Gasteiger partial charge in [-0.05, 0) is 18.2 Å². The summed E-state index contributed by atoms with van der Waals surface area (Å²) in [4.78, 5) is 11.2. The number of aryl methyl sites for hydroxylation is 1. The standard InChI is InChI=1S/C9H7N3O/c1-12-8-4-6(5-10)2-3-7(8)9(13)11-12/h2-4H,1H3,(H,11,13). The molecule has 0 atom stereocenters. The predicted octanol–water partition coefficient (Wildman–Crippen LogP) is 0.738. The molecule has 0 aliphatic heterocycles. The number of fused-ring (bicyclic) bond motifs is 1. The summed E-state index contributed by atoms with van der Waals surface area (Å²) in [5.41, 5.74) is 1.19. The maximum absolute atomic E-state index is 11.2. The summed E-state index contributed by atoms with van der Waals surface area (Å²) >= 11 is 0. The molecule has 0 fully saturated rings. The molecule has 64 valence electrons. The molecule has 2 aromatic rings. The van der Waals surface area contributed by atoms with Crippen molar-refractivity contribution in [1.82, 2.24) is 9.78 Å². The highest BCUT2D eigenvalue weighted by atomic mass is 16.1. The first-order valence-corrected chi connectivity index (χ1v) is 3.81. The smallest absolute Gasteiger partial charge is 0.271 e. The van der Waals surface area contributed by atoms with Gasteiger partial charge in [0.25, 0.3) is 5.56 Å². The SMILES string of the molecule is Cn1[nH]c(=O)c2ccc(C#N)cc21. The first-order valence-electron chi connectivity index (χ1n) is 3.81. The van der Waals surface area contributed by atoms with E-state index in [0.29, 0.717) is 10.9 Å². The Morgan fingerprint density at radius 3 is 3.00 bits per heavy atom. The molecule has 0 aliphatic rings. The Balaban J connectivity index is 2.94. The molecule has 0 bridgehead atoms. The van der Waals surface area contributed by atoms with Crippen LogP contribution in [0.15, 0.2) is 23.0 Å². The van der Waals surface area contributed by atoms with E-state index >= 15 is 0 Å². The lowest BCUT2D eigenvalue weighted by atomic mass is 10.2. The Kier molecular flexibility index (Phi) is 1.46. The van der Waals surface area contributed by atoms with E-state index in [1.807, 2.05) is 6.07 Å². The lowest BCUT2D eigenvalue weighted by Gasteiger charge is -1.93. The Morgan fingerprint density at radius 1 is 1.54 bits per heavy atom. The molecule has 0 unspecified atom stereocenters. The number of aromatic nitrogens is 2. The summed E-state index contributed by atoms with van der Waals surface area (Å²) in [5.74, 6) is 0. The van der Waals surface area contributed by atoms with Crippen LogP contribution in [0.3, 0.4) is 0 Å². The highest BCUT2D eigenvalue weighted by Crippen LogP contribution is 2.10. The summed E-state index contributed by atoms with van der Waals surface area (Å²) in [6.45, 7) is 0. The monoisotopic (exact) mass is 173 g/mol. The van der Waals surface area contributed by atoms with Crippen LogP contribution in [-0.4, -0.2) is 9.78 Å². The zero-order chi connectivity index (χ0) is 9.42. The number of hydrogen-bond acceptors (Lipinski definition) is 2. The van der Waals surface area contributed by atoms with Crippen molar-refractivity contribution in [1.29, 1.82) is 5.26 Å². The minimum Gasteiger partial charge on any atom is -0.288 e. The fourth-order valence-corrected chi connectivity index (χ4v) is 1.34. The topological polar surface area (TPSA) is 61.6 Å². The molecule has 0 saturated heterocycles. The molecular weight excluding hydrogens is 166 g/mol. The lowest BCUT2D eigenvalue weighted by molar-refractivity contribution is 0.783. The summed E-state index contributed by atoms with van der Waals surface area (Å²) in [6.07, 6.45) is 0. The fourth-order valence-electron chi connectivity index (χ4n) is 1.34. The van der Waals surface area contributed by atoms with Gasteiger partial charge in [-0.2, -0.15) is 5.26 Å². The molecule has 2 rings (SSSR count). The van der Waals surface area contributed by atoms with Crippen LogP contribution in [0.4, 0.5) is 0 Å².